The van der Waals surface area contributed by atoms with E-state index in [1.54, 1.807) is 24.3 Å². The third-order valence-electron chi connectivity index (χ3n) is 5.04. The normalized spacial score (nSPS) is 29.3. The molecule has 0 aromatic heterocycles. The highest BCUT2D eigenvalue weighted by atomic mass is 16.4. The van der Waals surface area contributed by atoms with Crippen LogP contribution in [0.4, 0.5) is 5.69 Å². The Morgan fingerprint density at radius 3 is 2.45 bits per heavy atom. The third kappa shape index (κ3) is 2.51. The maximum atomic E-state index is 12.5. The lowest BCUT2D eigenvalue weighted by Crippen LogP contribution is -2.37. The summed E-state index contributed by atoms with van der Waals surface area (Å²) in [5.41, 5.74) is 1.07. The standard InChI is InChI=1S/C17H19NO4/c1-9(19)10-3-2-4-13(8-10)18-16(20)14-11-5-6-12(7-11)15(14)17(21)22/h2-4,8,11-12,14-15H,5-7H2,1H3,(H,18,20)(H,21,22)/t11-,12+,14+,15-/m1/s1. The molecule has 5 nitrogen and oxygen atoms in total. The van der Waals surface area contributed by atoms with Crippen LogP contribution in [-0.2, 0) is 9.59 Å². The summed E-state index contributed by atoms with van der Waals surface area (Å²) in [7, 11) is 0. The molecule has 1 aromatic rings. The monoisotopic (exact) mass is 301 g/mol. The van der Waals surface area contributed by atoms with Gasteiger partial charge in [-0.3, -0.25) is 14.4 Å². The van der Waals surface area contributed by atoms with Crippen molar-refractivity contribution < 1.29 is 19.5 Å². The quantitative estimate of drug-likeness (QED) is 0.837. The van der Waals surface area contributed by atoms with Crippen molar-refractivity contribution in [1.29, 1.82) is 0 Å². The number of hydrogen-bond acceptors (Lipinski definition) is 3. The first kappa shape index (κ1) is 14.8. The molecule has 1 amide bonds. The van der Waals surface area contributed by atoms with Crippen molar-refractivity contribution in [2.75, 3.05) is 5.32 Å². The van der Waals surface area contributed by atoms with Crippen LogP contribution in [0.1, 0.15) is 36.5 Å². The smallest absolute Gasteiger partial charge is 0.307 e. The average molecular weight is 301 g/mol. The molecule has 2 aliphatic rings. The molecular weight excluding hydrogens is 282 g/mol. The van der Waals surface area contributed by atoms with Gasteiger partial charge in [-0.25, -0.2) is 0 Å². The van der Waals surface area contributed by atoms with Gasteiger partial charge in [-0.1, -0.05) is 12.1 Å². The van der Waals surface area contributed by atoms with Crippen LogP contribution in [0, 0.1) is 23.7 Å². The SMILES string of the molecule is CC(=O)c1cccc(NC(=O)[C@H]2[C@@H]3CC[C@@H](C3)[C@H]2C(=O)O)c1. The van der Waals surface area contributed by atoms with Gasteiger partial charge in [0.05, 0.1) is 11.8 Å². The van der Waals surface area contributed by atoms with Gasteiger partial charge in [0.1, 0.15) is 0 Å². The number of Topliss-reactive ketones (excluding diaryl/α,β-unsaturated/α-hetero) is 1. The Kier molecular flexibility index (Phi) is 3.72. The molecule has 5 heteroatoms. The molecule has 0 aliphatic heterocycles. The fourth-order valence-corrected chi connectivity index (χ4v) is 4.07. The molecular formula is C17H19NO4. The van der Waals surface area contributed by atoms with Crippen LogP contribution in [0.2, 0.25) is 0 Å². The summed E-state index contributed by atoms with van der Waals surface area (Å²) in [6.07, 6.45) is 2.67. The van der Waals surface area contributed by atoms with E-state index in [-0.39, 0.29) is 23.5 Å². The van der Waals surface area contributed by atoms with E-state index in [4.69, 9.17) is 0 Å². The number of carbonyl (C=O) groups is 3. The van der Waals surface area contributed by atoms with Crippen LogP contribution >= 0.6 is 0 Å². The van der Waals surface area contributed by atoms with E-state index in [2.05, 4.69) is 5.32 Å². The van der Waals surface area contributed by atoms with Gasteiger partial charge in [-0.05, 0) is 50.2 Å². The molecule has 2 saturated carbocycles. The number of hydrogen-bond donors (Lipinski definition) is 2. The van der Waals surface area contributed by atoms with Gasteiger partial charge in [0.15, 0.2) is 5.78 Å². The molecule has 22 heavy (non-hydrogen) atoms. The number of fused-ring (bicyclic) bond motifs is 2. The Bertz CT molecular complexity index is 639. The van der Waals surface area contributed by atoms with Gasteiger partial charge in [0.2, 0.25) is 5.91 Å². The molecule has 0 radical (unpaired) electrons. The second-order valence-corrected chi connectivity index (χ2v) is 6.35. The summed E-state index contributed by atoms with van der Waals surface area (Å²) in [6, 6.07) is 6.74. The Morgan fingerprint density at radius 2 is 1.82 bits per heavy atom. The molecule has 0 spiro atoms. The predicted octanol–water partition coefficient (Wildman–Crippen LogP) is 2.57. The molecule has 3 rings (SSSR count). The number of carboxylic acid groups (broad SMARTS) is 1. The van der Waals surface area contributed by atoms with Gasteiger partial charge >= 0.3 is 5.97 Å². The van der Waals surface area contributed by atoms with Crippen molar-refractivity contribution in [2.24, 2.45) is 23.7 Å². The lowest BCUT2D eigenvalue weighted by molar-refractivity contribution is -0.148. The molecule has 116 valence electrons. The number of carboxylic acids is 1. The number of amides is 1. The minimum absolute atomic E-state index is 0.0700. The van der Waals surface area contributed by atoms with Crippen molar-refractivity contribution in [3.05, 3.63) is 29.8 Å². The number of rotatable bonds is 4. The van der Waals surface area contributed by atoms with E-state index in [1.165, 1.54) is 6.92 Å². The van der Waals surface area contributed by atoms with Crippen molar-refractivity contribution in [3.63, 3.8) is 0 Å². The Morgan fingerprint density at radius 1 is 1.14 bits per heavy atom. The van der Waals surface area contributed by atoms with E-state index in [9.17, 15) is 19.5 Å². The van der Waals surface area contributed by atoms with Gasteiger partial charge in [-0.2, -0.15) is 0 Å². The van der Waals surface area contributed by atoms with E-state index in [0.717, 1.165) is 19.3 Å². The van der Waals surface area contributed by atoms with Crippen LogP contribution in [0.25, 0.3) is 0 Å². The Balaban J connectivity index is 1.78. The minimum atomic E-state index is -0.871. The number of carbonyl (C=O) groups excluding carboxylic acids is 2. The summed E-state index contributed by atoms with van der Waals surface area (Å²) in [5, 5.41) is 12.2. The van der Waals surface area contributed by atoms with E-state index < -0.39 is 17.8 Å². The molecule has 2 fully saturated rings. The van der Waals surface area contributed by atoms with Crippen molar-refractivity contribution >= 4 is 23.3 Å². The molecule has 0 heterocycles. The summed E-state index contributed by atoms with van der Waals surface area (Å²) in [4.78, 5) is 35.4. The molecule has 2 bridgehead atoms. The van der Waals surface area contributed by atoms with Crippen LogP contribution in [0.15, 0.2) is 24.3 Å². The number of aliphatic carboxylic acids is 1. The summed E-state index contributed by atoms with van der Waals surface area (Å²) in [6.45, 7) is 1.47. The maximum Gasteiger partial charge on any atom is 0.307 e. The van der Waals surface area contributed by atoms with Gasteiger partial charge in [0.25, 0.3) is 0 Å². The van der Waals surface area contributed by atoms with Crippen molar-refractivity contribution in [1.82, 2.24) is 0 Å². The van der Waals surface area contributed by atoms with Crippen LogP contribution in [0.5, 0.6) is 0 Å². The van der Waals surface area contributed by atoms with E-state index >= 15 is 0 Å². The fourth-order valence-electron chi connectivity index (χ4n) is 4.07. The largest absolute Gasteiger partial charge is 0.481 e. The Hall–Kier alpha value is -2.17. The first-order valence-corrected chi connectivity index (χ1v) is 7.62. The number of anilines is 1. The van der Waals surface area contributed by atoms with E-state index in [0.29, 0.717) is 11.3 Å². The minimum Gasteiger partial charge on any atom is -0.481 e. The molecule has 4 atom stereocenters. The van der Waals surface area contributed by atoms with Gasteiger partial charge < -0.3 is 10.4 Å². The highest BCUT2D eigenvalue weighted by Crippen LogP contribution is 2.52. The first-order valence-electron chi connectivity index (χ1n) is 7.62. The lowest BCUT2D eigenvalue weighted by atomic mass is 9.78. The second-order valence-electron chi connectivity index (χ2n) is 6.35. The topological polar surface area (TPSA) is 83.5 Å². The second kappa shape index (κ2) is 5.55. The molecule has 1 aromatic carbocycles. The van der Waals surface area contributed by atoms with E-state index in [1.807, 2.05) is 0 Å². The van der Waals surface area contributed by atoms with Gasteiger partial charge in [-0.15, -0.1) is 0 Å². The van der Waals surface area contributed by atoms with Crippen LogP contribution < -0.4 is 5.32 Å². The van der Waals surface area contributed by atoms with Crippen LogP contribution in [-0.4, -0.2) is 22.8 Å². The molecule has 0 unspecified atom stereocenters. The van der Waals surface area contributed by atoms with Crippen LogP contribution in [0.3, 0.4) is 0 Å². The zero-order valence-corrected chi connectivity index (χ0v) is 12.4. The maximum absolute atomic E-state index is 12.5. The Labute approximate surface area is 128 Å². The third-order valence-corrected chi connectivity index (χ3v) is 5.04. The first-order chi connectivity index (χ1) is 10.5. The number of benzene rings is 1. The van der Waals surface area contributed by atoms with Crippen molar-refractivity contribution in [2.45, 2.75) is 26.2 Å². The highest BCUT2D eigenvalue weighted by Gasteiger charge is 2.53. The number of nitrogens with one attached hydrogen (secondary N) is 1. The zero-order chi connectivity index (χ0) is 15.9. The number of ketones is 1. The zero-order valence-electron chi connectivity index (χ0n) is 12.4. The average Bonchev–Trinajstić information content (AvgIpc) is 3.07. The molecule has 2 N–H and O–H groups in total. The highest BCUT2D eigenvalue weighted by molar-refractivity contribution is 5.98. The van der Waals surface area contributed by atoms with Crippen molar-refractivity contribution in [3.8, 4) is 0 Å². The fraction of sp³-hybridized carbons (Fsp3) is 0.471. The van der Waals surface area contributed by atoms with Gasteiger partial charge in [0, 0.05) is 11.3 Å². The predicted molar refractivity (Wildman–Crippen MR) is 80.5 cm³/mol. The summed E-state index contributed by atoms with van der Waals surface area (Å²) < 4.78 is 0. The summed E-state index contributed by atoms with van der Waals surface area (Å²) >= 11 is 0. The molecule has 2 aliphatic carbocycles. The lowest BCUT2D eigenvalue weighted by Gasteiger charge is -2.27. The molecule has 0 saturated heterocycles. The summed E-state index contributed by atoms with van der Waals surface area (Å²) in [5.74, 6) is -1.92.